The molecule has 0 saturated heterocycles. The fourth-order valence-corrected chi connectivity index (χ4v) is 2.06. The normalized spacial score (nSPS) is 11.3. The topological polar surface area (TPSA) is 42.2 Å². The molecular weight excluding hydrogens is 240 g/mol. The molecule has 1 aromatic heterocycles. The lowest BCUT2D eigenvalue weighted by molar-refractivity contribution is -0.136. The first-order chi connectivity index (χ1) is 8.58. The van der Waals surface area contributed by atoms with E-state index < -0.39 is 12.4 Å². The summed E-state index contributed by atoms with van der Waals surface area (Å²) in [5, 5.41) is 9.52. The van der Waals surface area contributed by atoms with Crippen LogP contribution in [0.25, 0.3) is 10.9 Å². The van der Waals surface area contributed by atoms with Crippen LogP contribution in [0.15, 0.2) is 30.5 Å². The van der Waals surface area contributed by atoms with Crippen LogP contribution in [-0.2, 0) is 17.8 Å². The average Bonchev–Trinajstić information content (AvgIpc) is 2.65. The molecule has 1 N–H and O–H groups in total. The van der Waals surface area contributed by atoms with Gasteiger partial charge < -0.3 is 9.67 Å². The molecule has 0 amide bonds. The highest BCUT2D eigenvalue weighted by molar-refractivity contribution is 5.84. The van der Waals surface area contributed by atoms with Gasteiger partial charge in [0.15, 0.2) is 0 Å². The van der Waals surface area contributed by atoms with Crippen molar-refractivity contribution in [2.45, 2.75) is 25.8 Å². The fourth-order valence-electron chi connectivity index (χ4n) is 2.06. The molecule has 1 aromatic carbocycles. The molecule has 18 heavy (non-hydrogen) atoms. The number of halogens is 2. The van der Waals surface area contributed by atoms with Gasteiger partial charge in [0, 0.05) is 23.5 Å². The minimum atomic E-state index is -2.42. The van der Waals surface area contributed by atoms with E-state index in [1.165, 1.54) is 4.57 Å². The molecule has 5 heteroatoms. The maximum atomic E-state index is 12.5. The molecule has 96 valence electrons. The van der Waals surface area contributed by atoms with E-state index in [-0.39, 0.29) is 13.0 Å². The summed E-state index contributed by atoms with van der Waals surface area (Å²) < 4.78 is 26.4. The van der Waals surface area contributed by atoms with E-state index in [4.69, 9.17) is 5.11 Å². The number of carboxylic acids is 1. The molecule has 0 aliphatic carbocycles. The largest absolute Gasteiger partial charge is 0.481 e. The standard InChI is InChI=1S/C13H13F2NO2/c14-12(15)8-16-7-9(5-6-13(17)18)10-3-1-2-4-11(10)16/h1-4,7,12H,5-6,8H2,(H,17,18). The van der Waals surface area contributed by atoms with Crippen LogP contribution in [-0.4, -0.2) is 22.1 Å². The molecule has 0 fully saturated rings. The Morgan fingerprint density at radius 2 is 2.06 bits per heavy atom. The number of rotatable bonds is 5. The third-order valence-corrected chi connectivity index (χ3v) is 2.81. The number of hydrogen-bond acceptors (Lipinski definition) is 1. The van der Waals surface area contributed by atoms with E-state index in [1.807, 2.05) is 12.1 Å². The number of alkyl halides is 2. The Kier molecular flexibility index (Phi) is 3.60. The van der Waals surface area contributed by atoms with Crippen LogP contribution in [0.4, 0.5) is 8.78 Å². The summed E-state index contributed by atoms with van der Waals surface area (Å²) in [6.07, 6.45) is -0.442. The van der Waals surface area contributed by atoms with Gasteiger partial charge in [-0.05, 0) is 18.1 Å². The van der Waals surface area contributed by atoms with Crippen LogP contribution < -0.4 is 0 Å². The van der Waals surface area contributed by atoms with E-state index in [0.717, 1.165) is 16.5 Å². The minimum absolute atomic E-state index is 0.00266. The first kappa shape index (κ1) is 12.5. The van der Waals surface area contributed by atoms with E-state index in [2.05, 4.69) is 0 Å². The van der Waals surface area contributed by atoms with E-state index in [0.29, 0.717) is 6.42 Å². The van der Waals surface area contributed by atoms with Gasteiger partial charge in [-0.3, -0.25) is 4.79 Å². The van der Waals surface area contributed by atoms with Gasteiger partial charge in [0.2, 0.25) is 0 Å². The van der Waals surface area contributed by atoms with E-state index in [9.17, 15) is 13.6 Å². The van der Waals surface area contributed by atoms with Gasteiger partial charge in [0.25, 0.3) is 6.43 Å². The lowest BCUT2D eigenvalue weighted by Crippen LogP contribution is -2.04. The molecule has 2 aromatic rings. The molecule has 1 heterocycles. The Balaban J connectivity index is 2.37. The molecule has 0 atom stereocenters. The number of para-hydroxylation sites is 1. The smallest absolute Gasteiger partial charge is 0.303 e. The molecule has 0 unspecified atom stereocenters. The summed E-state index contributed by atoms with van der Waals surface area (Å²) in [4.78, 5) is 10.6. The predicted molar refractivity (Wildman–Crippen MR) is 63.9 cm³/mol. The van der Waals surface area contributed by atoms with Crippen molar-refractivity contribution in [1.82, 2.24) is 4.57 Å². The molecule has 0 bridgehead atoms. The van der Waals surface area contributed by atoms with E-state index in [1.54, 1.807) is 18.3 Å². The second-order valence-corrected chi connectivity index (χ2v) is 4.11. The van der Waals surface area contributed by atoms with Gasteiger partial charge in [-0.15, -0.1) is 0 Å². The van der Waals surface area contributed by atoms with Gasteiger partial charge >= 0.3 is 5.97 Å². The van der Waals surface area contributed by atoms with Crippen molar-refractivity contribution in [3.8, 4) is 0 Å². The number of carbonyl (C=O) groups is 1. The van der Waals surface area contributed by atoms with Gasteiger partial charge in [-0.1, -0.05) is 18.2 Å². The van der Waals surface area contributed by atoms with Crippen molar-refractivity contribution < 1.29 is 18.7 Å². The number of aliphatic carboxylic acids is 1. The maximum absolute atomic E-state index is 12.5. The summed E-state index contributed by atoms with van der Waals surface area (Å²) in [6, 6.07) is 7.20. The summed E-state index contributed by atoms with van der Waals surface area (Å²) in [7, 11) is 0. The van der Waals surface area contributed by atoms with Crippen molar-refractivity contribution in [1.29, 1.82) is 0 Å². The number of aromatic nitrogens is 1. The van der Waals surface area contributed by atoms with Crippen molar-refractivity contribution in [2.75, 3.05) is 0 Å². The predicted octanol–water partition coefficient (Wildman–Crippen LogP) is 2.92. The van der Waals surface area contributed by atoms with Gasteiger partial charge in [-0.25, -0.2) is 8.78 Å². The summed E-state index contributed by atoms with van der Waals surface area (Å²) >= 11 is 0. The third kappa shape index (κ3) is 2.67. The van der Waals surface area contributed by atoms with Crippen LogP contribution in [0.1, 0.15) is 12.0 Å². The molecule has 0 radical (unpaired) electrons. The second kappa shape index (κ2) is 5.16. The molecule has 0 spiro atoms. The van der Waals surface area contributed by atoms with Crippen molar-refractivity contribution in [3.63, 3.8) is 0 Å². The number of hydrogen-bond donors (Lipinski definition) is 1. The molecule has 0 saturated carbocycles. The van der Waals surface area contributed by atoms with Crippen LogP contribution in [0.5, 0.6) is 0 Å². The van der Waals surface area contributed by atoms with E-state index >= 15 is 0 Å². The van der Waals surface area contributed by atoms with Gasteiger partial charge in [0.1, 0.15) is 0 Å². The molecular formula is C13H13F2NO2. The molecule has 0 aliphatic heterocycles. The summed E-state index contributed by atoms with van der Waals surface area (Å²) in [5.74, 6) is -0.888. The monoisotopic (exact) mass is 253 g/mol. The SMILES string of the molecule is O=C(O)CCc1cn(CC(F)F)c2ccccc12. The Labute approximate surface area is 103 Å². The van der Waals surface area contributed by atoms with Gasteiger partial charge in [0.05, 0.1) is 6.54 Å². The Morgan fingerprint density at radius 3 is 2.72 bits per heavy atom. The quantitative estimate of drug-likeness (QED) is 0.890. The van der Waals surface area contributed by atoms with Crippen LogP contribution in [0, 0.1) is 0 Å². The lowest BCUT2D eigenvalue weighted by Gasteiger charge is -2.03. The molecule has 2 rings (SSSR count). The second-order valence-electron chi connectivity index (χ2n) is 4.11. The number of fused-ring (bicyclic) bond motifs is 1. The number of nitrogens with zero attached hydrogens (tertiary/aromatic N) is 1. The zero-order valence-corrected chi connectivity index (χ0v) is 9.64. The first-order valence-corrected chi connectivity index (χ1v) is 5.64. The Hall–Kier alpha value is -1.91. The maximum Gasteiger partial charge on any atom is 0.303 e. The minimum Gasteiger partial charge on any atom is -0.481 e. The lowest BCUT2D eigenvalue weighted by atomic mass is 10.1. The highest BCUT2D eigenvalue weighted by atomic mass is 19.3. The first-order valence-electron chi connectivity index (χ1n) is 5.64. The Bertz CT molecular complexity index is 563. The number of carboxylic acid groups (broad SMARTS) is 1. The average molecular weight is 253 g/mol. The highest BCUT2D eigenvalue weighted by Gasteiger charge is 2.12. The highest BCUT2D eigenvalue weighted by Crippen LogP contribution is 2.23. The summed E-state index contributed by atoms with van der Waals surface area (Å²) in [5.41, 5.74) is 1.52. The zero-order chi connectivity index (χ0) is 13.1. The third-order valence-electron chi connectivity index (χ3n) is 2.81. The van der Waals surface area contributed by atoms with Crippen LogP contribution >= 0.6 is 0 Å². The zero-order valence-electron chi connectivity index (χ0n) is 9.64. The van der Waals surface area contributed by atoms with Gasteiger partial charge in [-0.2, -0.15) is 0 Å². The fraction of sp³-hybridized carbons (Fsp3) is 0.308. The van der Waals surface area contributed by atoms with Crippen molar-refractivity contribution in [2.24, 2.45) is 0 Å². The number of aryl methyl sites for hydroxylation is 1. The molecule has 0 aliphatic rings. The van der Waals surface area contributed by atoms with Crippen LogP contribution in [0.3, 0.4) is 0 Å². The molecule has 3 nitrogen and oxygen atoms in total. The van der Waals surface area contributed by atoms with Crippen molar-refractivity contribution in [3.05, 3.63) is 36.0 Å². The summed E-state index contributed by atoms with van der Waals surface area (Å²) in [6.45, 7) is -0.367. The van der Waals surface area contributed by atoms with Crippen LogP contribution in [0.2, 0.25) is 0 Å². The Morgan fingerprint density at radius 1 is 1.33 bits per heavy atom. The van der Waals surface area contributed by atoms with Crippen molar-refractivity contribution >= 4 is 16.9 Å². The number of benzene rings is 1.